The van der Waals surface area contributed by atoms with Crippen molar-refractivity contribution in [3.05, 3.63) is 65.2 Å². The van der Waals surface area contributed by atoms with Crippen molar-refractivity contribution in [1.82, 2.24) is 14.5 Å². The van der Waals surface area contributed by atoms with Gasteiger partial charge in [0.25, 0.3) is 5.91 Å². The lowest BCUT2D eigenvalue weighted by atomic mass is 10.1. The quantitative estimate of drug-likeness (QED) is 0.511. The van der Waals surface area contributed by atoms with E-state index in [0.717, 1.165) is 23.5 Å². The van der Waals surface area contributed by atoms with Gasteiger partial charge in [-0.25, -0.2) is 18.2 Å². The van der Waals surface area contributed by atoms with Crippen LogP contribution in [0.2, 0.25) is 0 Å². The molecule has 3 aromatic rings. The summed E-state index contributed by atoms with van der Waals surface area (Å²) in [5, 5.41) is 0. The molecule has 1 amide bonds. The Hall–Kier alpha value is -2.83. The molecule has 3 rings (SSSR count). The van der Waals surface area contributed by atoms with Gasteiger partial charge in [-0.3, -0.25) is 4.79 Å². The summed E-state index contributed by atoms with van der Waals surface area (Å²) in [4.78, 5) is 19.0. The van der Waals surface area contributed by atoms with Gasteiger partial charge < -0.3 is 9.47 Å². The highest BCUT2D eigenvalue weighted by Gasteiger charge is 2.27. The van der Waals surface area contributed by atoms with Crippen LogP contribution in [0.25, 0.3) is 11.0 Å². The van der Waals surface area contributed by atoms with Crippen LogP contribution in [0, 0.1) is 23.4 Å². The Labute approximate surface area is 168 Å². The van der Waals surface area contributed by atoms with E-state index < -0.39 is 28.9 Å². The zero-order chi connectivity index (χ0) is 21.1. The molecule has 29 heavy (non-hydrogen) atoms. The lowest BCUT2D eigenvalue weighted by Gasteiger charge is -2.25. The van der Waals surface area contributed by atoms with E-state index in [-0.39, 0.29) is 19.0 Å². The SMILES string of the molecule is CCCn1c(CN(CC(C)C)C(=O)c2c(F)ccc(F)c2F)nc2ccccc21. The van der Waals surface area contributed by atoms with Crippen LogP contribution in [0.5, 0.6) is 0 Å². The normalized spacial score (nSPS) is 11.4. The van der Waals surface area contributed by atoms with Crippen LogP contribution < -0.4 is 0 Å². The molecule has 0 aliphatic heterocycles. The highest BCUT2D eigenvalue weighted by atomic mass is 19.2. The molecule has 154 valence electrons. The maximum Gasteiger partial charge on any atom is 0.260 e. The predicted molar refractivity (Wildman–Crippen MR) is 106 cm³/mol. The molecule has 0 spiro atoms. The number of amides is 1. The number of para-hydroxylation sites is 2. The molecule has 0 atom stereocenters. The van der Waals surface area contributed by atoms with Gasteiger partial charge in [0.05, 0.1) is 17.6 Å². The second-order valence-corrected chi connectivity index (χ2v) is 7.47. The van der Waals surface area contributed by atoms with Crippen LogP contribution in [0.4, 0.5) is 13.2 Å². The standard InChI is InChI=1S/C22H24F3N3O/c1-4-11-28-18-8-6-5-7-17(18)26-19(28)13-27(12-14(2)3)22(29)20-15(23)9-10-16(24)21(20)25/h5-10,14H,4,11-13H2,1-3H3. The molecular weight excluding hydrogens is 379 g/mol. The summed E-state index contributed by atoms with van der Waals surface area (Å²) < 4.78 is 44.1. The van der Waals surface area contributed by atoms with Gasteiger partial charge in [0.2, 0.25) is 0 Å². The number of aryl methyl sites for hydroxylation is 1. The summed E-state index contributed by atoms with van der Waals surface area (Å²) in [5.74, 6) is -4.02. The molecule has 0 saturated carbocycles. The maximum absolute atomic E-state index is 14.2. The van der Waals surface area contributed by atoms with Gasteiger partial charge >= 0.3 is 0 Å². The number of rotatable bonds is 7. The lowest BCUT2D eigenvalue weighted by molar-refractivity contribution is 0.0705. The van der Waals surface area contributed by atoms with Crippen molar-refractivity contribution >= 4 is 16.9 Å². The minimum Gasteiger partial charge on any atom is -0.331 e. The summed E-state index contributed by atoms with van der Waals surface area (Å²) in [6.45, 7) is 6.85. The fraction of sp³-hybridized carbons (Fsp3) is 0.364. The number of aromatic nitrogens is 2. The van der Waals surface area contributed by atoms with Crippen molar-refractivity contribution in [2.24, 2.45) is 5.92 Å². The number of fused-ring (bicyclic) bond motifs is 1. The van der Waals surface area contributed by atoms with E-state index in [1.165, 1.54) is 4.90 Å². The first kappa shape index (κ1) is 20.9. The molecule has 0 N–H and O–H groups in total. The molecular formula is C22H24F3N3O. The van der Waals surface area contributed by atoms with E-state index in [1.807, 2.05) is 49.6 Å². The molecule has 0 saturated heterocycles. The molecule has 1 aromatic heterocycles. The van der Waals surface area contributed by atoms with Gasteiger partial charge in [0.15, 0.2) is 11.6 Å². The zero-order valence-electron chi connectivity index (χ0n) is 16.8. The average molecular weight is 403 g/mol. The Kier molecular flexibility index (Phi) is 6.25. The van der Waals surface area contributed by atoms with Crippen molar-refractivity contribution in [3.8, 4) is 0 Å². The summed E-state index contributed by atoms with van der Waals surface area (Å²) in [6, 6.07) is 9.06. The fourth-order valence-electron chi connectivity index (χ4n) is 3.43. The number of hydrogen-bond donors (Lipinski definition) is 0. The molecule has 4 nitrogen and oxygen atoms in total. The smallest absolute Gasteiger partial charge is 0.260 e. The molecule has 0 unspecified atom stereocenters. The first-order chi connectivity index (χ1) is 13.8. The lowest BCUT2D eigenvalue weighted by Crippen LogP contribution is -2.36. The third-order valence-electron chi connectivity index (χ3n) is 4.64. The van der Waals surface area contributed by atoms with Gasteiger partial charge in [-0.1, -0.05) is 32.9 Å². The number of nitrogens with zero attached hydrogens (tertiary/aromatic N) is 3. The van der Waals surface area contributed by atoms with Gasteiger partial charge in [0, 0.05) is 13.1 Å². The molecule has 0 fully saturated rings. The second-order valence-electron chi connectivity index (χ2n) is 7.47. The van der Waals surface area contributed by atoms with E-state index in [2.05, 4.69) is 4.98 Å². The zero-order valence-corrected chi connectivity index (χ0v) is 16.8. The number of carbonyl (C=O) groups excluding carboxylic acids is 1. The Bertz CT molecular complexity index is 1030. The summed E-state index contributed by atoms with van der Waals surface area (Å²) in [5.41, 5.74) is 0.851. The highest BCUT2D eigenvalue weighted by molar-refractivity contribution is 5.94. The fourth-order valence-corrected chi connectivity index (χ4v) is 3.43. The average Bonchev–Trinajstić information content (AvgIpc) is 3.02. The first-order valence-corrected chi connectivity index (χ1v) is 9.70. The van der Waals surface area contributed by atoms with Crippen molar-refractivity contribution in [3.63, 3.8) is 0 Å². The van der Waals surface area contributed by atoms with Gasteiger partial charge in [-0.05, 0) is 36.6 Å². The Morgan fingerprint density at radius 2 is 1.79 bits per heavy atom. The van der Waals surface area contributed by atoms with Gasteiger partial charge in [-0.2, -0.15) is 0 Å². The molecule has 7 heteroatoms. The molecule has 0 aliphatic rings. The monoisotopic (exact) mass is 403 g/mol. The Morgan fingerprint density at radius 3 is 2.48 bits per heavy atom. The second kappa shape index (κ2) is 8.68. The van der Waals surface area contributed by atoms with Crippen LogP contribution in [0.15, 0.2) is 36.4 Å². The van der Waals surface area contributed by atoms with E-state index in [9.17, 15) is 18.0 Å². The van der Waals surface area contributed by atoms with Crippen LogP contribution in [0.1, 0.15) is 43.4 Å². The van der Waals surface area contributed by atoms with E-state index >= 15 is 0 Å². The number of hydrogen-bond acceptors (Lipinski definition) is 2. The third-order valence-corrected chi connectivity index (χ3v) is 4.64. The van der Waals surface area contributed by atoms with Crippen molar-refractivity contribution in [1.29, 1.82) is 0 Å². The van der Waals surface area contributed by atoms with E-state index in [0.29, 0.717) is 18.4 Å². The molecule has 0 bridgehead atoms. The maximum atomic E-state index is 14.2. The largest absolute Gasteiger partial charge is 0.331 e. The van der Waals surface area contributed by atoms with Crippen molar-refractivity contribution in [2.45, 2.75) is 40.3 Å². The van der Waals surface area contributed by atoms with Crippen LogP contribution in [-0.4, -0.2) is 26.9 Å². The third kappa shape index (κ3) is 4.28. The van der Waals surface area contributed by atoms with Crippen molar-refractivity contribution in [2.75, 3.05) is 6.54 Å². The van der Waals surface area contributed by atoms with Crippen LogP contribution >= 0.6 is 0 Å². The Morgan fingerprint density at radius 1 is 1.10 bits per heavy atom. The van der Waals surface area contributed by atoms with Crippen molar-refractivity contribution < 1.29 is 18.0 Å². The number of halogens is 3. The molecule has 0 aliphatic carbocycles. The first-order valence-electron chi connectivity index (χ1n) is 9.70. The number of imidazole rings is 1. The highest BCUT2D eigenvalue weighted by Crippen LogP contribution is 2.22. The molecule has 2 aromatic carbocycles. The number of carbonyl (C=O) groups is 1. The van der Waals surface area contributed by atoms with Gasteiger partial charge in [-0.15, -0.1) is 0 Å². The van der Waals surface area contributed by atoms with E-state index in [4.69, 9.17) is 0 Å². The topological polar surface area (TPSA) is 38.1 Å². The van der Waals surface area contributed by atoms with Crippen LogP contribution in [-0.2, 0) is 13.1 Å². The Balaban J connectivity index is 2.03. The summed E-state index contributed by atoms with van der Waals surface area (Å²) in [7, 11) is 0. The number of benzene rings is 2. The minimum atomic E-state index is -1.47. The summed E-state index contributed by atoms with van der Waals surface area (Å²) >= 11 is 0. The minimum absolute atomic E-state index is 0.0441. The van der Waals surface area contributed by atoms with Gasteiger partial charge in [0.1, 0.15) is 17.2 Å². The van der Waals surface area contributed by atoms with Crippen LogP contribution in [0.3, 0.4) is 0 Å². The predicted octanol–water partition coefficient (Wildman–Crippen LogP) is 5.16. The summed E-state index contributed by atoms with van der Waals surface area (Å²) in [6.07, 6.45) is 0.860. The molecule has 0 radical (unpaired) electrons. The van der Waals surface area contributed by atoms with E-state index in [1.54, 1.807) is 0 Å². The molecule has 1 heterocycles.